The number of aliphatic hydroxyl groups is 1. The van der Waals surface area contributed by atoms with Gasteiger partial charge < -0.3 is 10.2 Å². The van der Waals surface area contributed by atoms with E-state index in [1.54, 1.807) is 0 Å². The normalized spacial score (nSPS) is 29.9. The molecule has 0 radical (unpaired) electrons. The summed E-state index contributed by atoms with van der Waals surface area (Å²) in [7, 11) is 0. The quantitative estimate of drug-likeness (QED) is 0.730. The van der Waals surface area contributed by atoms with Gasteiger partial charge in [-0.25, -0.2) is 4.79 Å². The minimum Gasteiger partial charge on any atom is -0.479 e. The lowest BCUT2D eigenvalue weighted by Gasteiger charge is -2.31. The van der Waals surface area contributed by atoms with E-state index in [4.69, 9.17) is 5.11 Å². The molecule has 2 N–H and O–H groups in total. The molecule has 3 unspecified atom stereocenters. The molecular weight excluding hydrogens is 180 g/mol. The number of aliphatic carboxylic acids is 1. The molecule has 1 aliphatic carbocycles. The Morgan fingerprint density at radius 1 is 1.36 bits per heavy atom. The minimum absolute atomic E-state index is 0.417. The van der Waals surface area contributed by atoms with Gasteiger partial charge in [0.2, 0.25) is 0 Å². The Hall–Kier alpha value is -0.570. The molecule has 1 fully saturated rings. The largest absolute Gasteiger partial charge is 0.479 e. The standard InChI is InChI=1S/C11H20O3/c1-2-8-5-3-4-6-9(8)7-10(12)11(13)14/h8-10,12H,2-7H2,1H3,(H,13,14). The predicted molar refractivity (Wildman–Crippen MR) is 54.0 cm³/mol. The first-order valence-corrected chi connectivity index (χ1v) is 5.56. The molecule has 0 aromatic carbocycles. The van der Waals surface area contributed by atoms with Gasteiger partial charge in [-0.05, 0) is 18.3 Å². The van der Waals surface area contributed by atoms with E-state index in [0.717, 1.165) is 12.8 Å². The van der Waals surface area contributed by atoms with Crippen LogP contribution >= 0.6 is 0 Å². The van der Waals surface area contributed by atoms with E-state index in [1.165, 1.54) is 19.3 Å². The Morgan fingerprint density at radius 2 is 1.93 bits per heavy atom. The highest BCUT2D eigenvalue weighted by atomic mass is 16.4. The molecule has 3 nitrogen and oxygen atoms in total. The molecule has 3 heteroatoms. The van der Waals surface area contributed by atoms with E-state index in [0.29, 0.717) is 18.3 Å². The van der Waals surface area contributed by atoms with Crippen LogP contribution < -0.4 is 0 Å². The van der Waals surface area contributed by atoms with Crippen molar-refractivity contribution in [2.75, 3.05) is 0 Å². The molecule has 0 aliphatic heterocycles. The highest BCUT2D eigenvalue weighted by Crippen LogP contribution is 2.35. The first kappa shape index (κ1) is 11.5. The average Bonchev–Trinajstić information content (AvgIpc) is 2.18. The Balaban J connectivity index is 2.44. The van der Waals surface area contributed by atoms with Crippen LogP contribution in [-0.4, -0.2) is 22.3 Å². The first-order chi connectivity index (χ1) is 6.65. The van der Waals surface area contributed by atoms with Crippen molar-refractivity contribution in [3.8, 4) is 0 Å². The monoisotopic (exact) mass is 200 g/mol. The van der Waals surface area contributed by atoms with Gasteiger partial charge in [0, 0.05) is 0 Å². The van der Waals surface area contributed by atoms with Crippen molar-refractivity contribution in [3.05, 3.63) is 0 Å². The SMILES string of the molecule is CCC1CCCCC1CC(O)C(=O)O. The molecular formula is C11H20O3. The van der Waals surface area contributed by atoms with E-state index >= 15 is 0 Å². The van der Waals surface area contributed by atoms with Crippen LogP contribution in [0.15, 0.2) is 0 Å². The van der Waals surface area contributed by atoms with Crippen LogP contribution in [0.5, 0.6) is 0 Å². The number of carboxylic acids is 1. The fourth-order valence-electron chi connectivity index (χ4n) is 2.52. The van der Waals surface area contributed by atoms with E-state index in [9.17, 15) is 9.90 Å². The van der Waals surface area contributed by atoms with Gasteiger partial charge in [0.05, 0.1) is 0 Å². The van der Waals surface area contributed by atoms with Gasteiger partial charge in [0.1, 0.15) is 0 Å². The summed E-state index contributed by atoms with van der Waals surface area (Å²) >= 11 is 0. The number of hydrogen-bond acceptors (Lipinski definition) is 2. The second-order valence-corrected chi connectivity index (χ2v) is 4.30. The molecule has 1 aliphatic rings. The molecule has 3 atom stereocenters. The third-order valence-corrected chi connectivity index (χ3v) is 3.40. The van der Waals surface area contributed by atoms with Gasteiger partial charge in [0.25, 0.3) is 0 Å². The summed E-state index contributed by atoms with van der Waals surface area (Å²) in [6.45, 7) is 2.15. The maximum absolute atomic E-state index is 10.5. The lowest BCUT2D eigenvalue weighted by molar-refractivity contribution is -0.147. The zero-order valence-corrected chi connectivity index (χ0v) is 8.78. The summed E-state index contributed by atoms with van der Waals surface area (Å²) in [6.07, 6.45) is 5.12. The Bertz CT molecular complexity index is 191. The van der Waals surface area contributed by atoms with Crippen LogP contribution in [0.25, 0.3) is 0 Å². The van der Waals surface area contributed by atoms with Crippen molar-refractivity contribution in [1.29, 1.82) is 0 Å². The topological polar surface area (TPSA) is 57.5 Å². The summed E-state index contributed by atoms with van der Waals surface area (Å²) in [6, 6.07) is 0. The Morgan fingerprint density at radius 3 is 2.43 bits per heavy atom. The van der Waals surface area contributed by atoms with Gasteiger partial charge in [-0.3, -0.25) is 0 Å². The fourth-order valence-corrected chi connectivity index (χ4v) is 2.52. The highest BCUT2D eigenvalue weighted by Gasteiger charge is 2.27. The van der Waals surface area contributed by atoms with Gasteiger partial charge in [0.15, 0.2) is 6.10 Å². The van der Waals surface area contributed by atoms with Crippen molar-refractivity contribution >= 4 is 5.97 Å². The molecule has 0 aromatic rings. The number of aliphatic hydroxyl groups excluding tert-OH is 1. The van der Waals surface area contributed by atoms with Crippen molar-refractivity contribution in [1.82, 2.24) is 0 Å². The van der Waals surface area contributed by atoms with Crippen molar-refractivity contribution in [2.45, 2.75) is 51.6 Å². The fraction of sp³-hybridized carbons (Fsp3) is 0.909. The van der Waals surface area contributed by atoms with Gasteiger partial charge >= 0.3 is 5.97 Å². The van der Waals surface area contributed by atoms with Crippen LogP contribution in [0.1, 0.15) is 45.4 Å². The number of rotatable bonds is 4. The molecule has 82 valence electrons. The van der Waals surface area contributed by atoms with Crippen LogP contribution in [0.4, 0.5) is 0 Å². The Kier molecular flexibility index (Phi) is 4.39. The molecule has 0 heterocycles. The molecule has 0 bridgehead atoms. The van der Waals surface area contributed by atoms with E-state index < -0.39 is 12.1 Å². The van der Waals surface area contributed by atoms with E-state index in [2.05, 4.69) is 6.92 Å². The highest BCUT2D eigenvalue weighted by molar-refractivity contribution is 5.71. The smallest absolute Gasteiger partial charge is 0.332 e. The zero-order valence-electron chi connectivity index (χ0n) is 8.78. The lowest BCUT2D eigenvalue weighted by Crippen LogP contribution is -2.28. The van der Waals surface area contributed by atoms with E-state index in [-0.39, 0.29) is 0 Å². The van der Waals surface area contributed by atoms with Crippen LogP contribution in [-0.2, 0) is 4.79 Å². The van der Waals surface area contributed by atoms with Gasteiger partial charge in [-0.1, -0.05) is 39.0 Å². The summed E-state index contributed by atoms with van der Waals surface area (Å²) < 4.78 is 0. The summed E-state index contributed by atoms with van der Waals surface area (Å²) in [5, 5.41) is 17.9. The third kappa shape index (κ3) is 2.98. The van der Waals surface area contributed by atoms with Gasteiger partial charge in [-0.2, -0.15) is 0 Å². The van der Waals surface area contributed by atoms with Crippen molar-refractivity contribution < 1.29 is 15.0 Å². The summed E-state index contributed by atoms with van der Waals surface area (Å²) in [5.41, 5.74) is 0. The number of hydrogen-bond donors (Lipinski definition) is 2. The molecule has 0 aromatic heterocycles. The van der Waals surface area contributed by atoms with E-state index in [1.807, 2.05) is 0 Å². The maximum atomic E-state index is 10.5. The second kappa shape index (κ2) is 5.35. The van der Waals surface area contributed by atoms with Crippen molar-refractivity contribution in [3.63, 3.8) is 0 Å². The van der Waals surface area contributed by atoms with Gasteiger partial charge in [-0.15, -0.1) is 0 Å². The minimum atomic E-state index is -1.16. The number of carbonyl (C=O) groups is 1. The van der Waals surface area contributed by atoms with Crippen LogP contribution in [0, 0.1) is 11.8 Å². The second-order valence-electron chi connectivity index (χ2n) is 4.30. The zero-order chi connectivity index (χ0) is 10.6. The molecule has 1 rings (SSSR count). The predicted octanol–water partition coefficient (Wildman–Crippen LogP) is 2.04. The molecule has 1 saturated carbocycles. The molecule has 0 spiro atoms. The van der Waals surface area contributed by atoms with Crippen molar-refractivity contribution in [2.24, 2.45) is 11.8 Å². The third-order valence-electron chi connectivity index (χ3n) is 3.40. The summed E-state index contributed by atoms with van der Waals surface area (Å²) in [4.78, 5) is 10.5. The lowest BCUT2D eigenvalue weighted by atomic mass is 9.75. The molecule has 0 saturated heterocycles. The molecule has 14 heavy (non-hydrogen) atoms. The number of carboxylic acid groups (broad SMARTS) is 1. The summed E-state index contributed by atoms with van der Waals surface area (Å²) in [5.74, 6) is -0.0389. The van der Waals surface area contributed by atoms with Crippen LogP contribution in [0.3, 0.4) is 0 Å². The molecule has 0 amide bonds. The Labute approximate surface area is 85.1 Å². The average molecular weight is 200 g/mol. The maximum Gasteiger partial charge on any atom is 0.332 e. The first-order valence-electron chi connectivity index (χ1n) is 5.56. The van der Waals surface area contributed by atoms with Crippen LogP contribution in [0.2, 0.25) is 0 Å².